The van der Waals surface area contributed by atoms with Crippen molar-refractivity contribution in [3.63, 3.8) is 0 Å². The van der Waals surface area contributed by atoms with Gasteiger partial charge in [0.15, 0.2) is 6.04 Å². The Morgan fingerprint density at radius 3 is 2.40 bits per heavy atom. The lowest BCUT2D eigenvalue weighted by atomic mass is 10.0. The molecule has 1 aliphatic rings. The van der Waals surface area contributed by atoms with Crippen molar-refractivity contribution in [1.82, 2.24) is 10.2 Å². The Morgan fingerprint density at radius 1 is 1.09 bits per heavy atom. The average Bonchev–Trinajstić information content (AvgIpc) is 3.28. The van der Waals surface area contributed by atoms with Crippen LogP contribution in [0.15, 0.2) is 60.7 Å². The molecule has 0 bridgehead atoms. The lowest BCUT2D eigenvalue weighted by Gasteiger charge is -2.25. The molecule has 0 spiro atoms. The van der Waals surface area contributed by atoms with Gasteiger partial charge in [-0.15, -0.1) is 0 Å². The summed E-state index contributed by atoms with van der Waals surface area (Å²) in [5.74, 6) is -4.27. The minimum atomic E-state index is -4.13. The van der Waals surface area contributed by atoms with Crippen LogP contribution < -0.4 is 5.32 Å². The third kappa shape index (κ3) is 7.15. The molecule has 0 unspecified atom stereocenters. The van der Waals surface area contributed by atoms with Crippen LogP contribution in [0.5, 0.6) is 0 Å². The first-order valence-electron chi connectivity index (χ1n) is 16.2. The smallest absolute Gasteiger partial charge is 0.417 e. The number of imide groups is 1. The largest absolute Gasteiger partial charge is 0.459 e. The van der Waals surface area contributed by atoms with Crippen LogP contribution in [0.1, 0.15) is 65.5 Å². The summed E-state index contributed by atoms with van der Waals surface area (Å²) < 4.78 is 96.6. The maximum Gasteiger partial charge on any atom is 0.417 e. The molecule has 2 aromatic rings. The summed E-state index contributed by atoms with van der Waals surface area (Å²) in [4.78, 5) is 53.5. The van der Waals surface area contributed by atoms with Gasteiger partial charge in [-0.2, -0.15) is 0 Å². The molecule has 8 nitrogen and oxygen atoms in total. The highest BCUT2D eigenvalue weighted by atomic mass is 16.6. The van der Waals surface area contributed by atoms with Crippen LogP contribution in [0.2, 0.25) is 0 Å². The maximum atomic E-state index is 13.9. The quantitative estimate of drug-likeness (QED) is 0.480. The molecule has 1 aliphatic heterocycles. The standard InChI is InChI=1S/C27H32N2O6/c1-3-4-7-16-23(30)28-22(17-20-12-8-5-9-13-20)25(31)29-24(19(2)35-27(29)33)26(32)34-18-21-14-10-6-11-15-21/h5-6,8-15,19,22,24H,3-4,7,16-18H2,1-2H3,(H,28,30)/t19-,22+,24+/m0/s1/i1D3,3D2,4D2,7D2,16D2. The zero-order valence-corrected chi connectivity index (χ0v) is 18.8. The highest BCUT2D eigenvalue weighted by Gasteiger charge is 2.50. The molecule has 3 atom stereocenters. The number of nitrogens with one attached hydrogen (secondary N) is 1. The van der Waals surface area contributed by atoms with Gasteiger partial charge in [-0.1, -0.05) is 80.3 Å². The van der Waals surface area contributed by atoms with E-state index in [2.05, 4.69) is 0 Å². The predicted molar refractivity (Wildman–Crippen MR) is 129 cm³/mol. The number of hydrogen-bond donors (Lipinski definition) is 1. The number of esters is 1. The summed E-state index contributed by atoms with van der Waals surface area (Å²) in [6.07, 6.45) is -19.1. The van der Waals surface area contributed by atoms with Gasteiger partial charge in [0, 0.05) is 27.9 Å². The second-order valence-corrected chi connectivity index (χ2v) is 7.55. The van der Waals surface area contributed by atoms with E-state index in [0.717, 1.165) is 0 Å². The second-order valence-electron chi connectivity index (χ2n) is 7.55. The van der Waals surface area contributed by atoms with Crippen molar-refractivity contribution in [3.05, 3.63) is 71.8 Å². The molecule has 0 aromatic heterocycles. The van der Waals surface area contributed by atoms with Crippen LogP contribution in [0.25, 0.3) is 0 Å². The molecular weight excluding hydrogens is 448 g/mol. The summed E-state index contributed by atoms with van der Waals surface area (Å²) in [5.41, 5.74) is 0.961. The van der Waals surface area contributed by atoms with E-state index in [1.807, 2.05) is 5.32 Å². The molecule has 1 N–H and O–H groups in total. The second kappa shape index (κ2) is 12.7. The molecular formula is C27H32N2O6. The van der Waals surface area contributed by atoms with E-state index < -0.39 is 80.8 Å². The number of rotatable bonds is 11. The summed E-state index contributed by atoms with van der Waals surface area (Å²) in [5, 5.41) is 1.97. The molecule has 3 rings (SSSR count). The Hall–Kier alpha value is -3.68. The van der Waals surface area contributed by atoms with E-state index in [4.69, 9.17) is 24.6 Å². The number of nitrogens with zero attached hydrogens (tertiary/aromatic N) is 1. The van der Waals surface area contributed by atoms with Gasteiger partial charge in [-0.05, 0) is 24.4 Å². The van der Waals surface area contributed by atoms with Crippen LogP contribution in [0.4, 0.5) is 4.79 Å². The maximum absolute atomic E-state index is 13.9. The lowest BCUT2D eigenvalue weighted by Crippen LogP contribution is -2.55. The molecule has 1 saturated heterocycles. The van der Waals surface area contributed by atoms with Gasteiger partial charge < -0.3 is 14.8 Å². The van der Waals surface area contributed by atoms with Crippen molar-refractivity contribution in [2.75, 3.05) is 0 Å². The summed E-state index contributed by atoms with van der Waals surface area (Å²) in [7, 11) is 0. The number of carbonyl (C=O) groups excluding carboxylic acids is 4. The van der Waals surface area contributed by atoms with Gasteiger partial charge in [0.2, 0.25) is 5.91 Å². The van der Waals surface area contributed by atoms with Gasteiger partial charge in [0.05, 0.1) is 0 Å². The van der Waals surface area contributed by atoms with E-state index >= 15 is 0 Å². The van der Waals surface area contributed by atoms with Crippen LogP contribution in [0, 0.1) is 0 Å². The summed E-state index contributed by atoms with van der Waals surface area (Å²) in [6.45, 7) is -2.66. The highest BCUT2D eigenvalue weighted by molar-refractivity contribution is 6.02. The number of ether oxygens (including phenoxy) is 2. The van der Waals surface area contributed by atoms with E-state index in [1.165, 1.54) is 19.1 Å². The molecule has 186 valence electrons. The monoisotopic (exact) mass is 491 g/mol. The Balaban J connectivity index is 1.96. The molecule has 1 heterocycles. The topological polar surface area (TPSA) is 102 Å². The Labute approximate surface area is 221 Å². The third-order valence-corrected chi connectivity index (χ3v) is 5.10. The molecule has 0 radical (unpaired) electrons. The van der Waals surface area contributed by atoms with E-state index in [1.54, 1.807) is 48.5 Å². The Morgan fingerprint density at radius 2 is 1.74 bits per heavy atom. The number of benzene rings is 2. The molecule has 35 heavy (non-hydrogen) atoms. The van der Waals surface area contributed by atoms with Crippen LogP contribution in [-0.4, -0.2) is 47.0 Å². The molecule has 0 aliphatic carbocycles. The Kier molecular flexibility index (Phi) is 5.31. The SMILES string of the molecule is [2H]C([2H])([2H])C([2H])([2H])C([2H])([2H])C([2H])([2H])C([2H])([2H])C(=O)N[C@H](Cc1ccccc1)C(=O)N1C(=O)O[C@@H](C)[C@@H]1C(=O)OCc1ccccc1. The van der Waals surface area contributed by atoms with Crippen molar-refractivity contribution in [2.24, 2.45) is 0 Å². The van der Waals surface area contributed by atoms with Crippen molar-refractivity contribution < 1.29 is 43.7 Å². The van der Waals surface area contributed by atoms with E-state index in [0.29, 0.717) is 16.0 Å². The highest BCUT2D eigenvalue weighted by Crippen LogP contribution is 2.23. The number of carbonyl (C=O) groups is 4. The van der Waals surface area contributed by atoms with Crippen molar-refractivity contribution in [3.8, 4) is 0 Å². The fourth-order valence-electron chi connectivity index (χ4n) is 3.47. The minimum absolute atomic E-state index is 0.218. The van der Waals surface area contributed by atoms with Crippen LogP contribution >= 0.6 is 0 Å². The molecule has 3 amide bonds. The molecule has 8 heteroatoms. The first-order valence-corrected chi connectivity index (χ1v) is 10.7. The zero-order chi connectivity index (χ0) is 34.9. The van der Waals surface area contributed by atoms with Crippen molar-refractivity contribution >= 4 is 23.9 Å². The lowest BCUT2D eigenvalue weighted by molar-refractivity contribution is -0.154. The molecule has 0 saturated carbocycles. The first-order chi connectivity index (χ1) is 21.1. The van der Waals surface area contributed by atoms with Gasteiger partial charge in [0.25, 0.3) is 5.91 Å². The molecule has 1 fully saturated rings. The van der Waals surface area contributed by atoms with Crippen molar-refractivity contribution in [1.29, 1.82) is 0 Å². The van der Waals surface area contributed by atoms with Gasteiger partial charge in [-0.25, -0.2) is 14.5 Å². The fourth-order valence-corrected chi connectivity index (χ4v) is 3.47. The first kappa shape index (κ1) is 14.7. The number of amides is 3. The van der Waals surface area contributed by atoms with Crippen LogP contribution in [-0.2, 0) is 36.9 Å². The normalized spacial score (nSPS) is 24.7. The Bertz CT molecular complexity index is 1440. The minimum Gasteiger partial charge on any atom is -0.459 e. The molecule has 2 aromatic carbocycles. The summed E-state index contributed by atoms with van der Waals surface area (Å²) >= 11 is 0. The van der Waals surface area contributed by atoms with Crippen LogP contribution in [0.3, 0.4) is 0 Å². The fraction of sp³-hybridized carbons (Fsp3) is 0.407. The number of hydrogen-bond acceptors (Lipinski definition) is 6. The zero-order valence-electron chi connectivity index (χ0n) is 29.8. The van der Waals surface area contributed by atoms with Gasteiger partial charge in [-0.3, -0.25) is 9.59 Å². The van der Waals surface area contributed by atoms with E-state index in [-0.39, 0.29) is 6.61 Å². The van der Waals surface area contributed by atoms with E-state index in [9.17, 15) is 19.2 Å². The van der Waals surface area contributed by atoms with Gasteiger partial charge in [0.1, 0.15) is 18.8 Å². The summed E-state index contributed by atoms with van der Waals surface area (Å²) in [6, 6.07) is 12.7. The predicted octanol–water partition coefficient (Wildman–Crippen LogP) is 3.77. The van der Waals surface area contributed by atoms with Gasteiger partial charge >= 0.3 is 12.1 Å². The third-order valence-electron chi connectivity index (χ3n) is 5.10. The number of cyclic esters (lactones) is 1. The average molecular weight is 492 g/mol. The van der Waals surface area contributed by atoms with Crippen molar-refractivity contribution in [2.45, 2.75) is 70.5 Å².